The number of nitrogens with zero attached hydrogens (tertiary/aromatic N) is 7. The first kappa shape index (κ1) is 21.4. The molecule has 2 fully saturated rings. The summed E-state index contributed by atoms with van der Waals surface area (Å²) in [4.78, 5) is 10.8. The molecular formula is C22H21ClFN9. The van der Waals surface area contributed by atoms with Crippen molar-refractivity contribution in [3.63, 3.8) is 0 Å². The predicted molar refractivity (Wildman–Crippen MR) is 121 cm³/mol. The molecule has 0 atom stereocenters. The lowest BCUT2D eigenvalue weighted by Crippen LogP contribution is -2.38. The van der Waals surface area contributed by atoms with Crippen LogP contribution < -0.4 is 10.6 Å². The highest BCUT2D eigenvalue weighted by Crippen LogP contribution is 2.43. The summed E-state index contributed by atoms with van der Waals surface area (Å²) >= 11 is 6.67. The molecule has 168 valence electrons. The van der Waals surface area contributed by atoms with Crippen molar-refractivity contribution >= 4 is 34.7 Å². The lowest BCUT2D eigenvalue weighted by atomic mass is 9.85. The highest BCUT2D eigenvalue weighted by Gasteiger charge is 2.38. The van der Waals surface area contributed by atoms with Gasteiger partial charge in [0.15, 0.2) is 17.2 Å². The number of hydrogen-bond acceptors (Lipinski definition) is 8. The van der Waals surface area contributed by atoms with E-state index in [2.05, 4.69) is 42.7 Å². The summed E-state index contributed by atoms with van der Waals surface area (Å²) in [6, 6.07) is 7.51. The number of halogens is 2. The van der Waals surface area contributed by atoms with Crippen molar-refractivity contribution in [2.45, 2.75) is 37.4 Å². The molecule has 1 aromatic carbocycles. The third-order valence-electron chi connectivity index (χ3n) is 6.11. The summed E-state index contributed by atoms with van der Waals surface area (Å²) in [5.74, 6) is 0.640. The Morgan fingerprint density at radius 1 is 1.21 bits per heavy atom. The smallest absolute Gasteiger partial charge is 0.247 e. The van der Waals surface area contributed by atoms with E-state index in [0.717, 1.165) is 12.8 Å². The summed E-state index contributed by atoms with van der Waals surface area (Å²) in [5.41, 5.74) is -0.0370. The van der Waals surface area contributed by atoms with Crippen LogP contribution in [-0.2, 0) is 5.67 Å². The Morgan fingerprint density at radius 2 is 1.97 bits per heavy atom. The molecule has 11 heteroatoms. The van der Waals surface area contributed by atoms with Crippen molar-refractivity contribution in [3.05, 3.63) is 40.2 Å². The van der Waals surface area contributed by atoms with Crippen LogP contribution in [0.2, 0.25) is 5.02 Å². The fraction of sp³-hybridized carbons (Fsp3) is 0.409. The molecule has 9 nitrogen and oxygen atoms in total. The number of likely N-dealkylation sites (tertiary alicyclic amines) is 1. The SMILES string of the molecule is CN1CCC(F)(c2cc(C#N)cc(Nc3nc(NC4CC4)c4ncc(C#N)n4n3)c2Cl)CC1. The molecule has 1 aliphatic heterocycles. The number of hydrogen-bond donors (Lipinski definition) is 2. The van der Waals surface area contributed by atoms with Gasteiger partial charge in [0.05, 0.1) is 28.5 Å². The molecule has 1 aliphatic carbocycles. The fourth-order valence-electron chi connectivity index (χ4n) is 4.00. The van der Waals surface area contributed by atoms with Gasteiger partial charge in [0, 0.05) is 24.7 Å². The van der Waals surface area contributed by atoms with Gasteiger partial charge >= 0.3 is 0 Å². The number of anilines is 3. The van der Waals surface area contributed by atoms with E-state index in [-0.39, 0.29) is 40.6 Å². The molecule has 2 aliphatic rings. The van der Waals surface area contributed by atoms with Gasteiger partial charge in [0.2, 0.25) is 5.95 Å². The Kier molecular flexibility index (Phi) is 5.28. The van der Waals surface area contributed by atoms with Gasteiger partial charge in [-0.25, -0.2) is 9.37 Å². The van der Waals surface area contributed by atoms with Crippen LogP contribution in [0.25, 0.3) is 5.65 Å². The van der Waals surface area contributed by atoms with E-state index in [1.165, 1.54) is 16.8 Å². The van der Waals surface area contributed by atoms with Crippen molar-refractivity contribution in [1.29, 1.82) is 10.5 Å². The lowest BCUT2D eigenvalue weighted by molar-refractivity contribution is 0.0675. The first-order valence-electron chi connectivity index (χ1n) is 10.7. The Morgan fingerprint density at radius 3 is 2.64 bits per heavy atom. The normalized spacial score (nSPS) is 18.0. The largest absolute Gasteiger partial charge is 0.364 e. The van der Waals surface area contributed by atoms with Gasteiger partial charge in [-0.2, -0.15) is 20.0 Å². The van der Waals surface area contributed by atoms with E-state index >= 15 is 4.39 Å². The lowest BCUT2D eigenvalue weighted by Gasteiger charge is -2.35. The van der Waals surface area contributed by atoms with Gasteiger partial charge in [-0.1, -0.05) is 11.6 Å². The standard InChI is InChI=1S/C22H21ClFN9/c1-32-6-4-22(24,5-7-32)16-8-13(10-25)9-17(18(16)23)29-21-30-19(28-14-2-3-14)20-27-12-15(11-26)33(20)31-21/h8-9,12,14H,2-7H2,1H3,(H2,28,29,30,31). The van der Waals surface area contributed by atoms with Gasteiger partial charge in [-0.15, -0.1) is 5.10 Å². The fourth-order valence-corrected chi connectivity index (χ4v) is 4.32. The number of aromatic nitrogens is 4. The molecule has 5 rings (SSSR count). The minimum atomic E-state index is -1.63. The van der Waals surface area contributed by atoms with Crippen molar-refractivity contribution in [2.24, 2.45) is 0 Å². The van der Waals surface area contributed by atoms with E-state index in [9.17, 15) is 10.5 Å². The summed E-state index contributed by atoms with van der Waals surface area (Å²) in [7, 11) is 1.95. The average Bonchev–Trinajstić information content (AvgIpc) is 3.53. The number of nitrogens with one attached hydrogen (secondary N) is 2. The molecule has 3 aromatic rings. The summed E-state index contributed by atoms with van der Waals surface area (Å²) in [6.45, 7) is 1.19. The minimum absolute atomic E-state index is 0.152. The van der Waals surface area contributed by atoms with Gasteiger partial charge in [0.1, 0.15) is 11.7 Å². The average molecular weight is 466 g/mol. The van der Waals surface area contributed by atoms with Crippen LogP contribution in [0.5, 0.6) is 0 Å². The summed E-state index contributed by atoms with van der Waals surface area (Å²) in [6.07, 6.45) is 4.06. The Hall–Kier alpha value is -3.47. The molecule has 0 spiro atoms. The van der Waals surface area contributed by atoms with Crippen LogP contribution in [0, 0.1) is 22.7 Å². The molecule has 0 radical (unpaired) electrons. The van der Waals surface area contributed by atoms with E-state index in [1.54, 1.807) is 6.07 Å². The Labute approximate surface area is 194 Å². The molecule has 3 heterocycles. The summed E-state index contributed by atoms with van der Waals surface area (Å²) < 4.78 is 17.3. The van der Waals surface area contributed by atoms with Crippen LogP contribution in [0.3, 0.4) is 0 Å². The van der Waals surface area contributed by atoms with Crippen LogP contribution in [0.4, 0.5) is 21.8 Å². The second-order valence-electron chi connectivity index (χ2n) is 8.58. The first-order valence-corrected chi connectivity index (χ1v) is 11.1. The molecule has 0 bridgehead atoms. The molecule has 2 aromatic heterocycles. The van der Waals surface area contributed by atoms with Crippen molar-refractivity contribution in [3.8, 4) is 12.1 Å². The number of fused-ring (bicyclic) bond motifs is 1. The molecule has 2 N–H and O–H groups in total. The van der Waals surface area contributed by atoms with Gasteiger partial charge in [-0.05, 0) is 44.9 Å². The molecule has 33 heavy (non-hydrogen) atoms. The highest BCUT2D eigenvalue weighted by atomic mass is 35.5. The van der Waals surface area contributed by atoms with Gasteiger partial charge < -0.3 is 15.5 Å². The van der Waals surface area contributed by atoms with Crippen LogP contribution in [-0.4, -0.2) is 50.7 Å². The quantitative estimate of drug-likeness (QED) is 0.585. The topological polar surface area (TPSA) is 118 Å². The monoisotopic (exact) mass is 465 g/mol. The number of alkyl halides is 1. The van der Waals surface area contributed by atoms with E-state index < -0.39 is 5.67 Å². The maximum Gasteiger partial charge on any atom is 0.247 e. The van der Waals surface area contributed by atoms with Gasteiger partial charge in [-0.3, -0.25) is 0 Å². The van der Waals surface area contributed by atoms with Crippen LogP contribution in [0.15, 0.2) is 18.3 Å². The number of rotatable bonds is 5. The number of nitriles is 2. The third-order valence-corrected chi connectivity index (χ3v) is 6.51. The maximum absolute atomic E-state index is 15.9. The summed E-state index contributed by atoms with van der Waals surface area (Å²) in [5, 5.41) is 29.9. The Bertz CT molecular complexity index is 1310. The first-order chi connectivity index (χ1) is 15.9. The zero-order valence-electron chi connectivity index (χ0n) is 17.9. The minimum Gasteiger partial charge on any atom is -0.364 e. The molecule has 1 saturated carbocycles. The molecular weight excluding hydrogens is 445 g/mol. The number of piperidine rings is 1. The van der Waals surface area contributed by atoms with Crippen molar-refractivity contribution < 1.29 is 4.39 Å². The van der Waals surface area contributed by atoms with E-state index in [1.807, 2.05) is 7.05 Å². The second kappa shape index (κ2) is 8.14. The van der Waals surface area contributed by atoms with E-state index in [4.69, 9.17) is 11.6 Å². The third kappa shape index (κ3) is 4.04. The van der Waals surface area contributed by atoms with Crippen LogP contribution >= 0.6 is 11.6 Å². The molecule has 1 saturated heterocycles. The van der Waals surface area contributed by atoms with Gasteiger partial charge in [0.25, 0.3) is 0 Å². The van der Waals surface area contributed by atoms with E-state index in [0.29, 0.717) is 36.3 Å². The van der Waals surface area contributed by atoms with Crippen molar-refractivity contribution in [1.82, 2.24) is 24.5 Å². The second-order valence-corrected chi connectivity index (χ2v) is 8.96. The number of imidazole rings is 1. The van der Waals surface area contributed by atoms with Crippen LogP contribution in [0.1, 0.15) is 42.5 Å². The predicted octanol–water partition coefficient (Wildman–Crippen LogP) is 3.73. The number of benzene rings is 1. The van der Waals surface area contributed by atoms with Crippen molar-refractivity contribution in [2.75, 3.05) is 30.8 Å². The highest BCUT2D eigenvalue weighted by molar-refractivity contribution is 6.34. The molecule has 0 amide bonds. The zero-order valence-corrected chi connectivity index (χ0v) is 18.7. The zero-order chi connectivity index (χ0) is 23.2. The maximum atomic E-state index is 15.9. The Balaban J connectivity index is 1.56. The molecule has 0 unspecified atom stereocenters.